The molecule has 3 heteroatoms. The van der Waals surface area contributed by atoms with Crippen LogP contribution in [0.15, 0.2) is 22.7 Å². The summed E-state index contributed by atoms with van der Waals surface area (Å²) < 4.78 is 13.3. The maximum Gasteiger partial charge on any atom is 0.115 e. The highest BCUT2D eigenvalue weighted by molar-refractivity contribution is 9.10. The molecule has 0 aliphatic rings. The van der Waals surface area contributed by atoms with Crippen molar-refractivity contribution < 1.29 is 4.39 Å². The number of aryl methyl sites for hydroxylation is 1. The molecule has 0 aliphatic carbocycles. The van der Waals surface area contributed by atoms with Crippen LogP contribution in [-0.4, -0.2) is 5.88 Å². The molecule has 0 saturated heterocycles. The molecule has 0 fully saturated rings. The molecule has 0 aromatic heterocycles. The second-order valence-electron chi connectivity index (χ2n) is 2.89. The number of rotatable bonds is 4. The Balaban J connectivity index is 2.76. The lowest BCUT2D eigenvalue weighted by molar-refractivity contribution is 0.485. The topological polar surface area (TPSA) is 0 Å². The summed E-state index contributed by atoms with van der Waals surface area (Å²) in [4.78, 5) is 0. The molecule has 0 spiro atoms. The molecule has 72 valence electrons. The van der Waals surface area contributed by atoms with Crippen molar-refractivity contribution in [2.75, 3.05) is 5.88 Å². The van der Waals surface area contributed by atoms with Gasteiger partial charge in [-0.25, -0.2) is 4.39 Å². The predicted octanol–water partition coefficient (Wildman–Crippen LogP) is 4.09. The lowest BCUT2D eigenvalue weighted by atomic mass is 10.1. The Morgan fingerprint density at radius 3 is 2.54 bits per heavy atom. The minimum Gasteiger partial charge on any atom is -0.246 e. The van der Waals surface area contributed by atoms with E-state index in [4.69, 9.17) is 11.6 Å². The Hall–Kier alpha value is -0.0800. The molecule has 0 N–H and O–H groups in total. The SMILES string of the molecule is FCc1cc(Br)cc(CCCCl)c1. The van der Waals surface area contributed by atoms with Crippen molar-refractivity contribution in [2.24, 2.45) is 0 Å². The number of hydrogen-bond donors (Lipinski definition) is 0. The van der Waals surface area contributed by atoms with Crippen LogP contribution < -0.4 is 0 Å². The average Bonchev–Trinajstić information content (AvgIpc) is 2.14. The molecule has 0 nitrogen and oxygen atoms in total. The average molecular weight is 266 g/mol. The van der Waals surface area contributed by atoms with E-state index in [0.29, 0.717) is 5.88 Å². The summed E-state index contributed by atoms with van der Waals surface area (Å²) >= 11 is 8.93. The molecule has 0 radical (unpaired) electrons. The zero-order valence-electron chi connectivity index (χ0n) is 7.19. The van der Waals surface area contributed by atoms with E-state index >= 15 is 0 Å². The van der Waals surface area contributed by atoms with Gasteiger partial charge in [0, 0.05) is 10.4 Å². The highest BCUT2D eigenvalue weighted by Gasteiger charge is 1.99. The first-order valence-electron chi connectivity index (χ1n) is 4.16. The van der Waals surface area contributed by atoms with Gasteiger partial charge in [0.15, 0.2) is 0 Å². The molecule has 0 amide bonds. The van der Waals surface area contributed by atoms with Crippen molar-refractivity contribution in [2.45, 2.75) is 19.5 Å². The number of halogens is 3. The van der Waals surface area contributed by atoms with Gasteiger partial charge in [-0.2, -0.15) is 0 Å². The monoisotopic (exact) mass is 264 g/mol. The van der Waals surface area contributed by atoms with Crippen molar-refractivity contribution in [3.8, 4) is 0 Å². The lowest BCUT2D eigenvalue weighted by Crippen LogP contribution is -1.89. The van der Waals surface area contributed by atoms with Crippen molar-refractivity contribution in [3.05, 3.63) is 33.8 Å². The van der Waals surface area contributed by atoms with Crippen LogP contribution in [0.25, 0.3) is 0 Å². The van der Waals surface area contributed by atoms with Gasteiger partial charge in [-0.15, -0.1) is 11.6 Å². The third-order valence-electron chi connectivity index (χ3n) is 1.77. The van der Waals surface area contributed by atoms with E-state index in [1.807, 2.05) is 12.1 Å². The summed E-state index contributed by atoms with van der Waals surface area (Å²) in [5.41, 5.74) is 1.86. The van der Waals surface area contributed by atoms with Gasteiger partial charge in [-0.1, -0.05) is 22.0 Å². The van der Waals surface area contributed by atoms with Gasteiger partial charge in [-0.05, 0) is 36.1 Å². The quantitative estimate of drug-likeness (QED) is 0.719. The third kappa shape index (κ3) is 3.65. The normalized spacial score (nSPS) is 10.4. The van der Waals surface area contributed by atoms with Gasteiger partial charge in [0.05, 0.1) is 0 Å². The zero-order valence-corrected chi connectivity index (χ0v) is 9.54. The van der Waals surface area contributed by atoms with Crippen LogP contribution in [0.3, 0.4) is 0 Å². The van der Waals surface area contributed by atoms with Crippen LogP contribution in [-0.2, 0) is 13.1 Å². The maximum absolute atomic E-state index is 12.4. The van der Waals surface area contributed by atoms with Crippen molar-refractivity contribution >= 4 is 27.5 Å². The second kappa shape index (κ2) is 5.61. The number of benzene rings is 1. The highest BCUT2D eigenvalue weighted by Crippen LogP contribution is 2.17. The molecule has 0 unspecified atom stereocenters. The van der Waals surface area contributed by atoms with Crippen LogP contribution in [0.5, 0.6) is 0 Å². The van der Waals surface area contributed by atoms with E-state index in [0.717, 1.165) is 28.4 Å². The fourth-order valence-corrected chi connectivity index (χ4v) is 1.93. The lowest BCUT2D eigenvalue weighted by Gasteiger charge is -2.03. The van der Waals surface area contributed by atoms with E-state index in [1.165, 1.54) is 0 Å². The van der Waals surface area contributed by atoms with Crippen molar-refractivity contribution in [1.82, 2.24) is 0 Å². The molecule has 0 bridgehead atoms. The van der Waals surface area contributed by atoms with Crippen molar-refractivity contribution in [1.29, 1.82) is 0 Å². The van der Waals surface area contributed by atoms with E-state index in [2.05, 4.69) is 15.9 Å². The number of hydrogen-bond acceptors (Lipinski definition) is 0. The largest absolute Gasteiger partial charge is 0.246 e. The van der Waals surface area contributed by atoms with Crippen LogP contribution in [0.1, 0.15) is 17.5 Å². The summed E-state index contributed by atoms with van der Waals surface area (Å²) in [6.07, 6.45) is 1.85. The fraction of sp³-hybridized carbons (Fsp3) is 0.400. The molecular weight excluding hydrogens is 254 g/mol. The van der Waals surface area contributed by atoms with Crippen LogP contribution >= 0.6 is 27.5 Å². The molecule has 0 heterocycles. The third-order valence-corrected chi connectivity index (χ3v) is 2.50. The summed E-state index contributed by atoms with van der Waals surface area (Å²) in [7, 11) is 0. The second-order valence-corrected chi connectivity index (χ2v) is 4.19. The zero-order chi connectivity index (χ0) is 9.68. The summed E-state index contributed by atoms with van der Waals surface area (Å²) in [6, 6.07) is 5.69. The minimum atomic E-state index is -0.409. The van der Waals surface area contributed by atoms with Gasteiger partial charge >= 0.3 is 0 Å². The summed E-state index contributed by atoms with van der Waals surface area (Å²) in [5.74, 6) is 0.650. The Bertz CT molecular complexity index is 276. The first-order valence-corrected chi connectivity index (χ1v) is 5.49. The van der Waals surface area contributed by atoms with Gasteiger partial charge in [0.25, 0.3) is 0 Å². The van der Waals surface area contributed by atoms with E-state index < -0.39 is 6.67 Å². The van der Waals surface area contributed by atoms with Crippen LogP contribution in [0.4, 0.5) is 4.39 Å². The fourth-order valence-electron chi connectivity index (χ4n) is 1.21. The summed E-state index contributed by atoms with van der Waals surface area (Å²) in [5, 5.41) is 0. The Morgan fingerprint density at radius 1 is 1.23 bits per heavy atom. The molecule has 13 heavy (non-hydrogen) atoms. The molecule has 1 rings (SSSR count). The van der Waals surface area contributed by atoms with Gasteiger partial charge in [-0.3, -0.25) is 0 Å². The van der Waals surface area contributed by atoms with E-state index in [1.54, 1.807) is 6.07 Å². The molecular formula is C10H11BrClF. The Morgan fingerprint density at radius 2 is 1.92 bits per heavy atom. The summed E-state index contributed by atoms with van der Waals surface area (Å²) in [6.45, 7) is -0.409. The number of alkyl halides is 2. The standard InChI is InChI=1S/C10H11BrClF/c11-10-5-8(2-1-3-12)4-9(6-10)7-13/h4-6H,1-3,7H2. The van der Waals surface area contributed by atoms with Crippen molar-refractivity contribution in [3.63, 3.8) is 0 Å². The molecule has 1 aromatic rings. The molecule has 0 atom stereocenters. The van der Waals surface area contributed by atoms with Crippen LogP contribution in [0, 0.1) is 0 Å². The van der Waals surface area contributed by atoms with Gasteiger partial charge in [0.2, 0.25) is 0 Å². The minimum absolute atomic E-state index is 0.409. The van der Waals surface area contributed by atoms with Gasteiger partial charge in [0.1, 0.15) is 6.67 Å². The van der Waals surface area contributed by atoms with E-state index in [-0.39, 0.29) is 0 Å². The molecule has 0 saturated carbocycles. The van der Waals surface area contributed by atoms with E-state index in [9.17, 15) is 4.39 Å². The first kappa shape index (κ1) is 11.0. The molecule has 0 aliphatic heterocycles. The Labute approximate surface area is 91.2 Å². The van der Waals surface area contributed by atoms with Gasteiger partial charge < -0.3 is 0 Å². The predicted molar refractivity (Wildman–Crippen MR) is 58.0 cm³/mol. The first-order chi connectivity index (χ1) is 6.26. The van der Waals surface area contributed by atoms with Crippen LogP contribution in [0.2, 0.25) is 0 Å². The Kier molecular flexibility index (Phi) is 4.74. The smallest absolute Gasteiger partial charge is 0.115 e. The maximum atomic E-state index is 12.4. The molecule has 1 aromatic carbocycles. The highest BCUT2D eigenvalue weighted by atomic mass is 79.9.